The van der Waals surface area contributed by atoms with Gasteiger partial charge < -0.3 is 14.9 Å². The van der Waals surface area contributed by atoms with Crippen molar-refractivity contribution >= 4 is 44.1 Å². The third-order valence-corrected chi connectivity index (χ3v) is 5.08. The quantitative estimate of drug-likeness (QED) is 0.660. The lowest BCUT2D eigenvalue weighted by Gasteiger charge is -2.25. The van der Waals surface area contributed by atoms with Crippen LogP contribution in [-0.4, -0.2) is 18.2 Å². The van der Waals surface area contributed by atoms with Gasteiger partial charge in [-0.15, -0.1) is 0 Å². The highest BCUT2D eigenvalue weighted by atomic mass is 35.5. The largest absolute Gasteiger partial charge is 0.733 e. The first kappa shape index (κ1) is 17.3. The number of benzene rings is 2. The molecule has 3 rings (SSSR count). The molecule has 0 spiro atoms. The van der Waals surface area contributed by atoms with Crippen LogP contribution in [0.25, 0.3) is 11.1 Å². The minimum atomic E-state index is -4.11. The summed E-state index contributed by atoms with van der Waals surface area (Å²) in [7, 11) is -2.67. The normalized spacial score (nSPS) is 11.7. The zero-order chi connectivity index (χ0) is 18.4. The Morgan fingerprint density at radius 2 is 2.00 bits per heavy atom. The fraction of sp³-hybridized carbons (Fsp3) is 0.0714. The number of fused-ring (bicyclic) bond motifs is 1. The molecule has 0 saturated carbocycles. The van der Waals surface area contributed by atoms with Gasteiger partial charge in [-0.05, 0) is 36.4 Å². The number of oxazole rings is 1. The van der Waals surface area contributed by atoms with E-state index in [1.165, 1.54) is 37.4 Å². The van der Waals surface area contributed by atoms with E-state index in [1.54, 1.807) is 0 Å². The molecule has 25 heavy (non-hydrogen) atoms. The van der Waals surface area contributed by atoms with Gasteiger partial charge in [0, 0.05) is 12.1 Å². The molecule has 2 N–H and O–H groups in total. The molecular weight excluding hydrogens is 374 g/mol. The Morgan fingerprint density at radius 3 is 2.68 bits per heavy atom. The van der Waals surface area contributed by atoms with Crippen LogP contribution in [0.4, 0.5) is 11.4 Å². The van der Waals surface area contributed by atoms with Gasteiger partial charge in [-0.25, -0.2) is 13.2 Å². The molecule has 0 aliphatic carbocycles. The third-order valence-electron chi connectivity index (χ3n) is 3.48. The van der Waals surface area contributed by atoms with E-state index in [9.17, 15) is 18.4 Å². The average molecular weight is 385 g/mol. The Labute approximate surface area is 146 Å². The molecule has 2 aromatic carbocycles. The lowest BCUT2D eigenvalue weighted by Crippen LogP contribution is -2.17. The molecular formula is C14H11ClN3O6S-. The Kier molecular flexibility index (Phi) is 4.21. The van der Waals surface area contributed by atoms with Crippen LogP contribution in [-0.2, 0) is 17.1 Å². The summed E-state index contributed by atoms with van der Waals surface area (Å²) < 4.78 is 33.4. The number of nitrogens with zero attached hydrogens (tertiary/aromatic N) is 2. The van der Waals surface area contributed by atoms with Gasteiger partial charge in [-0.2, -0.15) is 0 Å². The van der Waals surface area contributed by atoms with Crippen LogP contribution in [0.5, 0.6) is 0 Å². The minimum absolute atomic E-state index is 0.141. The van der Waals surface area contributed by atoms with Crippen LogP contribution in [0.15, 0.2) is 50.5 Å². The summed E-state index contributed by atoms with van der Waals surface area (Å²) in [6.07, 6.45) is 0. The van der Waals surface area contributed by atoms with Gasteiger partial charge in [0.1, 0.15) is 0 Å². The second-order valence-corrected chi connectivity index (χ2v) is 7.22. The van der Waals surface area contributed by atoms with Gasteiger partial charge in [0.05, 0.1) is 21.8 Å². The molecule has 132 valence electrons. The molecule has 0 bridgehead atoms. The number of rotatable bonds is 4. The van der Waals surface area contributed by atoms with Crippen LogP contribution >= 0.6 is 11.6 Å². The van der Waals surface area contributed by atoms with Crippen LogP contribution in [0, 0.1) is 5.21 Å². The summed E-state index contributed by atoms with van der Waals surface area (Å²) in [5, 5.41) is 20.0. The first-order valence-corrected chi connectivity index (χ1v) is 8.63. The van der Waals surface area contributed by atoms with Crippen molar-refractivity contribution in [2.24, 2.45) is 7.05 Å². The average Bonchev–Trinajstić information content (AvgIpc) is 2.83. The predicted octanol–water partition coefficient (Wildman–Crippen LogP) is 2.28. The van der Waals surface area contributed by atoms with Crippen molar-refractivity contribution in [3.05, 3.63) is 57.2 Å². The number of anilines is 2. The van der Waals surface area contributed by atoms with Crippen molar-refractivity contribution in [1.82, 2.24) is 4.57 Å². The van der Waals surface area contributed by atoms with Crippen molar-refractivity contribution in [3.63, 3.8) is 0 Å². The van der Waals surface area contributed by atoms with E-state index in [0.29, 0.717) is 0 Å². The van der Waals surface area contributed by atoms with Crippen molar-refractivity contribution in [2.45, 2.75) is 4.90 Å². The molecule has 11 heteroatoms. The summed E-state index contributed by atoms with van der Waals surface area (Å²) in [6.45, 7) is 0. The second-order valence-electron chi connectivity index (χ2n) is 5.10. The standard InChI is InChI=1S/C14H11ClN3O6S/c1-17-12-7-9(3-5-13(12)24-14(17)19)25(22,23)16-10-4-2-8(15)6-11(10)18(20)21/h2-7,16,20H,1H3/q-1. The van der Waals surface area contributed by atoms with Crippen LogP contribution in [0.3, 0.4) is 0 Å². The fourth-order valence-electron chi connectivity index (χ4n) is 2.23. The zero-order valence-corrected chi connectivity index (χ0v) is 14.2. The van der Waals surface area contributed by atoms with Gasteiger partial charge in [0.15, 0.2) is 5.58 Å². The van der Waals surface area contributed by atoms with Crippen molar-refractivity contribution in [3.8, 4) is 0 Å². The second kappa shape index (κ2) is 6.08. The van der Waals surface area contributed by atoms with Gasteiger partial charge in [-0.3, -0.25) is 14.5 Å². The van der Waals surface area contributed by atoms with E-state index in [4.69, 9.17) is 21.2 Å². The third kappa shape index (κ3) is 3.20. The highest BCUT2D eigenvalue weighted by Crippen LogP contribution is 2.30. The number of aryl methyl sites for hydroxylation is 1. The molecule has 0 unspecified atom stereocenters. The molecule has 0 saturated heterocycles. The van der Waals surface area contributed by atoms with Crippen LogP contribution in [0.2, 0.25) is 5.02 Å². The smallest absolute Gasteiger partial charge is 0.419 e. The van der Waals surface area contributed by atoms with Crippen molar-refractivity contribution in [1.29, 1.82) is 0 Å². The molecule has 1 heterocycles. The predicted molar refractivity (Wildman–Crippen MR) is 91.3 cm³/mol. The van der Waals surface area contributed by atoms with E-state index < -0.39 is 21.0 Å². The van der Waals surface area contributed by atoms with Crippen LogP contribution in [0.1, 0.15) is 0 Å². The van der Waals surface area contributed by atoms with Crippen molar-refractivity contribution < 1.29 is 18.0 Å². The molecule has 9 nitrogen and oxygen atoms in total. The van der Waals surface area contributed by atoms with E-state index in [-0.39, 0.29) is 32.4 Å². The first-order chi connectivity index (χ1) is 11.7. The topological polar surface area (TPSA) is 128 Å². The lowest BCUT2D eigenvalue weighted by molar-refractivity contribution is 0.297. The summed E-state index contributed by atoms with van der Waals surface area (Å²) in [5.41, 5.74) is -0.00696. The van der Waals surface area contributed by atoms with Gasteiger partial charge in [0.25, 0.3) is 10.0 Å². The molecule has 0 atom stereocenters. The van der Waals surface area contributed by atoms with E-state index >= 15 is 0 Å². The monoisotopic (exact) mass is 384 g/mol. The number of hydrogen-bond acceptors (Lipinski definition) is 7. The molecule has 0 amide bonds. The molecule has 0 aliphatic rings. The number of hydrogen-bond donors (Lipinski definition) is 2. The molecule has 3 aromatic rings. The highest BCUT2D eigenvalue weighted by Gasteiger charge is 2.19. The van der Waals surface area contributed by atoms with E-state index in [0.717, 1.165) is 10.6 Å². The molecule has 0 fully saturated rings. The fourth-order valence-corrected chi connectivity index (χ4v) is 3.49. The Hall–Kier alpha value is -2.53. The molecule has 0 aliphatic heterocycles. The maximum atomic E-state index is 12.6. The Bertz CT molecular complexity index is 1120. The van der Waals surface area contributed by atoms with Crippen LogP contribution < -0.4 is 15.7 Å². The summed E-state index contributed by atoms with van der Waals surface area (Å²) in [4.78, 5) is 11.3. The minimum Gasteiger partial charge on any atom is -0.733 e. The maximum Gasteiger partial charge on any atom is 0.419 e. The number of halogens is 1. The van der Waals surface area contributed by atoms with E-state index in [1.807, 2.05) is 0 Å². The Morgan fingerprint density at radius 1 is 1.28 bits per heavy atom. The van der Waals surface area contributed by atoms with Crippen molar-refractivity contribution in [2.75, 3.05) is 9.95 Å². The molecule has 0 radical (unpaired) electrons. The SMILES string of the molecule is Cn1c(=O)oc2ccc(S(=O)(=O)Nc3ccc(Cl)cc3N([O-])O)cc21. The first-order valence-electron chi connectivity index (χ1n) is 6.77. The number of nitrogens with one attached hydrogen (secondary N) is 1. The van der Waals surface area contributed by atoms with E-state index in [2.05, 4.69) is 4.72 Å². The number of sulfonamides is 1. The molecule has 1 aromatic heterocycles. The number of aromatic nitrogens is 1. The summed E-state index contributed by atoms with van der Waals surface area (Å²) >= 11 is 5.74. The van der Waals surface area contributed by atoms with Gasteiger partial charge in [-0.1, -0.05) is 11.6 Å². The summed E-state index contributed by atoms with van der Waals surface area (Å²) in [6, 6.07) is 7.55. The Balaban J connectivity index is 2.06. The van der Waals surface area contributed by atoms with Gasteiger partial charge >= 0.3 is 5.76 Å². The zero-order valence-electron chi connectivity index (χ0n) is 12.6. The highest BCUT2D eigenvalue weighted by molar-refractivity contribution is 7.92. The summed E-state index contributed by atoms with van der Waals surface area (Å²) in [5.74, 6) is -0.625. The van der Waals surface area contributed by atoms with Gasteiger partial charge in [0.2, 0.25) is 0 Å². The lowest BCUT2D eigenvalue weighted by atomic mass is 10.3. The maximum absolute atomic E-state index is 12.6.